The molecule has 0 spiro atoms. The molecule has 2 aromatic rings. The maximum absolute atomic E-state index is 5.46. The fraction of sp³-hybridized carbons (Fsp3) is 0.364. The van der Waals surface area contributed by atoms with Gasteiger partial charge in [-0.25, -0.2) is 0 Å². The van der Waals surface area contributed by atoms with E-state index in [-0.39, 0.29) is 0 Å². The summed E-state index contributed by atoms with van der Waals surface area (Å²) in [6.45, 7) is 7.07. The number of allylic oxidation sites excluding steroid dienone is 1. The van der Waals surface area contributed by atoms with Gasteiger partial charge in [0.05, 0.1) is 14.2 Å². The van der Waals surface area contributed by atoms with Gasteiger partial charge in [0.25, 0.3) is 0 Å². The second-order valence-electron chi connectivity index (χ2n) is 5.68. The van der Waals surface area contributed by atoms with Gasteiger partial charge in [-0.2, -0.15) is 0 Å². The van der Waals surface area contributed by atoms with Crippen molar-refractivity contribution < 1.29 is 9.47 Å². The molecule has 1 aliphatic rings. The second-order valence-corrected chi connectivity index (χ2v) is 5.68. The van der Waals surface area contributed by atoms with Crippen LogP contribution in [0.25, 0.3) is 11.3 Å². The third kappa shape index (κ3) is 3.98. The van der Waals surface area contributed by atoms with E-state index in [1.54, 1.807) is 14.2 Å². The second kappa shape index (κ2) is 9.16. The zero-order valence-corrected chi connectivity index (χ0v) is 16.0. The van der Waals surface area contributed by atoms with Crippen molar-refractivity contribution in [3.8, 4) is 11.5 Å². The molecular formula is C22H29NO2. The Morgan fingerprint density at radius 2 is 1.68 bits per heavy atom. The molecule has 0 fully saturated rings. The van der Waals surface area contributed by atoms with Gasteiger partial charge in [0.1, 0.15) is 0 Å². The van der Waals surface area contributed by atoms with Crippen LogP contribution in [0.5, 0.6) is 11.5 Å². The molecule has 0 aliphatic carbocycles. The van der Waals surface area contributed by atoms with E-state index in [1.807, 2.05) is 26.0 Å². The number of hydrogen-bond donors (Lipinski definition) is 1. The Balaban J connectivity index is 0.00000109. The lowest BCUT2D eigenvalue weighted by Crippen LogP contribution is -2.20. The van der Waals surface area contributed by atoms with Gasteiger partial charge in [0, 0.05) is 17.8 Å². The molecule has 0 atom stereocenters. The van der Waals surface area contributed by atoms with E-state index in [0.717, 1.165) is 36.4 Å². The highest BCUT2D eigenvalue weighted by Crippen LogP contribution is 2.37. The molecule has 0 aromatic heterocycles. The first-order valence-electron chi connectivity index (χ1n) is 9.06. The molecule has 0 bridgehead atoms. The molecular weight excluding hydrogens is 310 g/mol. The average molecular weight is 339 g/mol. The Morgan fingerprint density at radius 3 is 2.36 bits per heavy atom. The Morgan fingerprint density at radius 1 is 0.960 bits per heavy atom. The number of ether oxygens (including phenoxy) is 2. The molecule has 1 N–H and O–H groups in total. The summed E-state index contributed by atoms with van der Waals surface area (Å²) in [5.41, 5.74) is 6.44. The normalized spacial score (nSPS) is 12.5. The van der Waals surface area contributed by atoms with E-state index in [4.69, 9.17) is 9.47 Å². The summed E-state index contributed by atoms with van der Waals surface area (Å²) in [7, 11) is 3.33. The van der Waals surface area contributed by atoms with Gasteiger partial charge in [-0.3, -0.25) is 0 Å². The van der Waals surface area contributed by atoms with Gasteiger partial charge in [-0.1, -0.05) is 51.5 Å². The first-order valence-corrected chi connectivity index (χ1v) is 9.06. The predicted octanol–water partition coefficient (Wildman–Crippen LogP) is 5.50. The number of methoxy groups -OCH3 is 2. The molecule has 25 heavy (non-hydrogen) atoms. The minimum atomic E-state index is 0.755. The fourth-order valence-corrected chi connectivity index (χ4v) is 3.17. The molecule has 2 aromatic carbocycles. The Labute approximate surface area is 151 Å². The topological polar surface area (TPSA) is 30.5 Å². The summed E-state index contributed by atoms with van der Waals surface area (Å²) in [5, 5.41) is 3.60. The molecule has 0 unspecified atom stereocenters. The van der Waals surface area contributed by atoms with Crippen LogP contribution in [0.2, 0.25) is 0 Å². The molecule has 134 valence electrons. The van der Waals surface area contributed by atoms with Gasteiger partial charge in [0.15, 0.2) is 11.5 Å². The highest BCUT2D eigenvalue weighted by molar-refractivity contribution is 5.92. The molecule has 0 saturated heterocycles. The first-order chi connectivity index (χ1) is 12.3. The van der Waals surface area contributed by atoms with Gasteiger partial charge in [0.2, 0.25) is 0 Å². The lowest BCUT2D eigenvalue weighted by Gasteiger charge is -2.26. The zero-order chi connectivity index (χ0) is 18.2. The van der Waals surface area contributed by atoms with E-state index < -0.39 is 0 Å². The lowest BCUT2D eigenvalue weighted by atomic mass is 9.89. The van der Waals surface area contributed by atoms with Crippen molar-refractivity contribution in [2.45, 2.75) is 40.2 Å². The number of benzene rings is 2. The van der Waals surface area contributed by atoms with Gasteiger partial charge >= 0.3 is 0 Å². The first kappa shape index (κ1) is 18.9. The number of rotatable bonds is 5. The summed E-state index contributed by atoms with van der Waals surface area (Å²) in [6, 6.07) is 14.7. The van der Waals surface area contributed by atoms with Crippen molar-refractivity contribution in [2.24, 2.45) is 0 Å². The summed E-state index contributed by atoms with van der Waals surface area (Å²) >= 11 is 0. The number of hydrogen-bond acceptors (Lipinski definition) is 3. The van der Waals surface area contributed by atoms with Crippen molar-refractivity contribution in [3.05, 3.63) is 59.2 Å². The van der Waals surface area contributed by atoms with Crippen LogP contribution in [0, 0.1) is 0 Å². The molecule has 0 radical (unpaired) electrons. The van der Waals surface area contributed by atoms with E-state index in [0.29, 0.717) is 0 Å². The van der Waals surface area contributed by atoms with E-state index in [1.165, 1.54) is 22.4 Å². The smallest absolute Gasteiger partial charge is 0.161 e. The predicted molar refractivity (Wildman–Crippen MR) is 106 cm³/mol. The van der Waals surface area contributed by atoms with Crippen LogP contribution in [0.15, 0.2) is 42.5 Å². The van der Waals surface area contributed by atoms with Crippen LogP contribution in [-0.2, 0) is 6.54 Å². The van der Waals surface area contributed by atoms with Crippen LogP contribution in [-0.4, -0.2) is 14.2 Å². The van der Waals surface area contributed by atoms with Crippen LogP contribution in [0.1, 0.15) is 50.3 Å². The summed E-state index contributed by atoms with van der Waals surface area (Å²) in [5.74, 6) is 1.51. The monoisotopic (exact) mass is 339 g/mol. The summed E-state index contributed by atoms with van der Waals surface area (Å²) < 4.78 is 10.8. The van der Waals surface area contributed by atoms with E-state index in [9.17, 15) is 0 Å². The standard InChI is InChI=1S/C20H23NO2.C2H6/c1-4-7-17-16-9-6-5-8-15(16)13-21-20(17)14-10-11-18(22-2)19(12-14)23-3;1-2/h5-6,8-12,21H,4,7,13H2,1-3H3;1-2H3. The maximum atomic E-state index is 5.46. The molecule has 1 heterocycles. The molecule has 3 rings (SSSR count). The Bertz CT molecular complexity index is 735. The molecule has 3 nitrogen and oxygen atoms in total. The third-order valence-electron chi connectivity index (χ3n) is 4.27. The molecule has 0 saturated carbocycles. The largest absolute Gasteiger partial charge is 0.493 e. The van der Waals surface area contributed by atoms with Crippen LogP contribution >= 0.6 is 0 Å². The zero-order valence-electron chi connectivity index (χ0n) is 16.0. The van der Waals surface area contributed by atoms with Gasteiger partial charge < -0.3 is 14.8 Å². The maximum Gasteiger partial charge on any atom is 0.161 e. The number of nitrogens with one attached hydrogen (secondary N) is 1. The van der Waals surface area contributed by atoms with Gasteiger partial charge in [-0.05, 0) is 41.3 Å². The highest BCUT2D eigenvalue weighted by Gasteiger charge is 2.19. The van der Waals surface area contributed by atoms with Crippen molar-refractivity contribution in [1.29, 1.82) is 0 Å². The fourth-order valence-electron chi connectivity index (χ4n) is 3.17. The Hall–Kier alpha value is -2.42. The molecule has 0 amide bonds. The quantitative estimate of drug-likeness (QED) is 0.780. The van der Waals surface area contributed by atoms with Crippen molar-refractivity contribution in [3.63, 3.8) is 0 Å². The Kier molecular flexibility index (Phi) is 6.93. The third-order valence-corrected chi connectivity index (χ3v) is 4.27. The SMILES string of the molecule is CC.CCCC1=C(c2ccc(OC)c(OC)c2)NCc2ccccc21. The van der Waals surface area contributed by atoms with Crippen molar-refractivity contribution in [1.82, 2.24) is 5.32 Å². The minimum Gasteiger partial charge on any atom is -0.493 e. The van der Waals surface area contributed by atoms with Crippen LogP contribution in [0.4, 0.5) is 0 Å². The van der Waals surface area contributed by atoms with E-state index >= 15 is 0 Å². The van der Waals surface area contributed by atoms with Crippen LogP contribution in [0.3, 0.4) is 0 Å². The van der Waals surface area contributed by atoms with Crippen LogP contribution < -0.4 is 14.8 Å². The minimum absolute atomic E-state index is 0.755. The lowest BCUT2D eigenvalue weighted by molar-refractivity contribution is 0.355. The number of fused-ring (bicyclic) bond motifs is 1. The average Bonchev–Trinajstić information content (AvgIpc) is 2.69. The highest BCUT2D eigenvalue weighted by atomic mass is 16.5. The summed E-state index contributed by atoms with van der Waals surface area (Å²) in [4.78, 5) is 0. The summed E-state index contributed by atoms with van der Waals surface area (Å²) in [6.07, 6.45) is 2.16. The molecule has 1 aliphatic heterocycles. The van der Waals surface area contributed by atoms with E-state index in [2.05, 4.69) is 42.6 Å². The molecule has 3 heteroatoms. The van der Waals surface area contributed by atoms with Crippen molar-refractivity contribution in [2.75, 3.05) is 14.2 Å². The van der Waals surface area contributed by atoms with Gasteiger partial charge in [-0.15, -0.1) is 0 Å². The van der Waals surface area contributed by atoms with Crippen molar-refractivity contribution >= 4 is 11.3 Å².